The van der Waals surface area contributed by atoms with Crippen molar-refractivity contribution in [1.82, 2.24) is 9.71 Å². The van der Waals surface area contributed by atoms with Crippen LogP contribution in [0.25, 0.3) is 0 Å². The molecule has 1 heterocycles. The number of hydrogen-bond acceptors (Lipinski definition) is 7. The third-order valence-corrected chi connectivity index (χ3v) is 3.67. The van der Waals surface area contributed by atoms with Crippen LogP contribution in [0.4, 0.5) is 0 Å². The predicted molar refractivity (Wildman–Crippen MR) is 71.6 cm³/mol. The Morgan fingerprint density at radius 1 is 1.24 bits per heavy atom. The summed E-state index contributed by atoms with van der Waals surface area (Å²) < 4.78 is 35.5. The predicted octanol–water partition coefficient (Wildman–Crippen LogP) is -0.145. The molecule has 1 aromatic heterocycles. The van der Waals surface area contributed by atoms with E-state index >= 15 is 0 Å². The first kappa shape index (κ1) is 17.1. The third kappa shape index (κ3) is 4.80. The van der Waals surface area contributed by atoms with E-state index in [4.69, 9.17) is 0 Å². The van der Waals surface area contributed by atoms with Crippen LogP contribution in [-0.2, 0) is 29.1 Å². The summed E-state index contributed by atoms with van der Waals surface area (Å²) in [6.07, 6.45) is 2.49. The van der Waals surface area contributed by atoms with Crippen molar-refractivity contribution in [2.75, 3.05) is 13.2 Å². The van der Waals surface area contributed by atoms with E-state index in [9.17, 15) is 18.0 Å². The fourth-order valence-corrected chi connectivity index (χ4v) is 2.47. The molecule has 0 radical (unpaired) electrons. The molecular weight excluding hydrogens is 300 g/mol. The Bertz CT molecular complexity index is 569. The second-order valence-corrected chi connectivity index (χ2v) is 5.46. The van der Waals surface area contributed by atoms with Crippen LogP contribution in [-0.4, -0.2) is 44.6 Å². The Balaban J connectivity index is 3.00. The van der Waals surface area contributed by atoms with E-state index in [-0.39, 0.29) is 18.1 Å². The van der Waals surface area contributed by atoms with Gasteiger partial charge in [0.25, 0.3) is 0 Å². The van der Waals surface area contributed by atoms with Crippen molar-refractivity contribution in [3.8, 4) is 0 Å². The molecule has 1 N–H and O–H groups in total. The van der Waals surface area contributed by atoms with Gasteiger partial charge in [0.1, 0.15) is 4.90 Å². The van der Waals surface area contributed by atoms with Gasteiger partial charge in [0, 0.05) is 12.4 Å². The summed E-state index contributed by atoms with van der Waals surface area (Å²) in [5, 5.41) is 0. The van der Waals surface area contributed by atoms with Crippen molar-refractivity contribution < 1.29 is 27.5 Å². The lowest BCUT2D eigenvalue weighted by atomic mass is 10.3. The van der Waals surface area contributed by atoms with Crippen LogP contribution in [0.5, 0.6) is 0 Å². The minimum Gasteiger partial charge on any atom is -0.464 e. The Morgan fingerprint density at radius 3 is 2.24 bits per heavy atom. The summed E-state index contributed by atoms with van der Waals surface area (Å²) in [7, 11) is -4.10. The van der Waals surface area contributed by atoms with Crippen molar-refractivity contribution in [2.45, 2.75) is 24.8 Å². The molecule has 21 heavy (non-hydrogen) atoms. The molecule has 1 aromatic rings. The molecule has 0 saturated heterocycles. The molecule has 1 rings (SSSR count). The molecule has 0 atom stereocenters. The third-order valence-electron chi connectivity index (χ3n) is 2.26. The van der Waals surface area contributed by atoms with E-state index < -0.39 is 28.0 Å². The van der Waals surface area contributed by atoms with Gasteiger partial charge in [0.2, 0.25) is 16.1 Å². The molecule has 0 aromatic carbocycles. The maximum atomic E-state index is 12.1. The molecule has 0 fully saturated rings. The fourth-order valence-electron chi connectivity index (χ4n) is 1.37. The molecule has 0 aliphatic heterocycles. The van der Waals surface area contributed by atoms with Crippen LogP contribution in [0.15, 0.2) is 29.4 Å². The molecule has 8 nitrogen and oxygen atoms in total. The molecule has 0 bridgehead atoms. The van der Waals surface area contributed by atoms with E-state index in [2.05, 4.69) is 14.5 Å². The minimum atomic E-state index is -4.10. The van der Waals surface area contributed by atoms with Gasteiger partial charge in [0.05, 0.1) is 13.2 Å². The lowest BCUT2D eigenvalue weighted by Gasteiger charge is -2.15. The van der Waals surface area contributed by atoms with Gasteiger partial charge in [-0.2, -0.15) is 4.72 Å². The van der Waals surface area contributed by atoms with Gasteiger partial charge in [-0.15, -0.1) is 0 Å². The zero-order valence-electron chi connectivity index (χ0n) is 11.6. The molecule has 0 aliphatic rings. The van der Waals surface area contributed by atoms with Crippen LogP contribution < -0.4 is 4.72 Å². The smallest absolute Gasteiger partial charge is 0.335 e. The number of carbonyl (C=O) groups excluding carboxylic acids is 2. The van der Waals surface area contributed by atoms with Gasteiger partial charge >= 0.3 is 11.9 Å². The number of ether oxygens (including phenoxy) is 2. The highest BCUT2D eigenvalue weighted by atomic mass is 32.2. The van der Waals surface area contributed by atoms with Gasteiger partial charge in [-0.3, -0.25) is 4.98 Å². The first-order chi connectivity index (χ1) is 9.92. The van der Waals surface area contributed by atoms with Crippen LogP contribution in [0, 0.1) is 0 Å². The topological polar surface area (TPSA) is 112 Å². The molecule has 0 spiro atoms. The second-order valence-electron chi connectivity index (χ2n) is 3.75. The molecule has 116 valence electrons. The van der Waals surface area contributed by atoms with Crippen LogP contribution in [0.2, 0.25) is 0 Å². The number of esters is 2. The SMILES string of the molecule is CCOC(=O)C(NS(=O)(=O)c1cccnc1)C(=O)OCC. The van der Waals surface area contributed by atoms with Crippen molar-refractivity contribution in [2.24, 2.45) is 0 Å². The normalized spacial score (nSPS) is 11.2. The van der Waals surface area contributed by atoms with Crippen molar-refractivity contribution in [3.05, 3.63) is 24.5 Å². The quantitative estimate of drug-likeness (QED) is 0.550. The summed E-state index contributed by atoms with van der Waals surface area (Å²) in [6, 6.07) is 0.941. The van der Waals surface area contributed by atoms with Gasteiger partial charge < -0.3 is 9.47 Å². The summed E-state index contributed by atoms with van der Waals surface area (Å²) >= 11 is 0. The lowest BCUT2D eigenvalue weighted by Crippen LogP contribution is -2.48. The van der Waals surface area contributed by atoms with Gasteiger partial charge in [-0.1, -0.05) is 0 Å². The monoisotopic (exact) mass is 316 g/mol. The van der Waals surface area contributed by atoms with E-state index in [1.54, 1.807) is 0 Å². The summed E-state index contributed by atoms with van der Waals surface area (Å²) in [5.41, 5.74) is 0. The van der Waals surface area contributed by atoms with Gasteiger partial charge in [0.15, 0.2) is 0 Å². The van der Waals surface area contributed by atoms with E-state index in [0.717, 1.165) is 6.20 Å². The van der Waals surface area contributed by atoms with Crippen molar-refractivity contribution >= 4 is 22.0 Å². The average molecular weight is 316 g/mol. The number of pyridine rings is 1. The molecule has 0 unspecified atom stereocenters. The Labute approximate surface area is 122 Å². The fraction of sp³-hybridized carbons (Fsp3) is 0.417. The number of aromatic nitrogens is 1. The highest BCUT2D eigenvalue weighted by Gasteiger charge is 2.34. The van der Waals surface area contributed by atoms with E-state index in [1.807, 2.05) is 4.72 Å². The maximum absolute atomic E-state index is 12.1. The zero-order chi connectivity index (χ0) is 15.9. The van der Waals surface area contributed by atoms with Gasteiger partial charge in [-0.25, -0.2) is 18.0 Å². The number of nitrogens with one attached hydrogen (secondary N) is 1. The summed E-state index contributed by atoms with van der Waals surface area (Å²) in [6.45, 7) is 3.08. The van der Waals surface area contributed by atoms with E-state index in [0.29, 0.717) is 0 Å². The lowest BCUT2D eigenvalue weighted by molar-refractivity contribution is -0.157. The molecule has 9 heteroatoms. The molecular formula is C12H16N2O6S. The Kier molecular flexibility index (Phi) is 6.25. The number of hydrogen-bond donors (Lipinski definition) is 1. The van der Waals surface area contributed by atoms with Crippen LogP contribution in [0.3, 0.4) is 0 Å². The number of carbonyl (C=O) groups is 2. The minimum absolute atomic E-state index is 0.00333. The standard InChI is InChI=1S/C12H16N2O6S/c1-3-19-11(15)10(12(16)20-4-2)14-21(17,18)9-6-5-7-13-8-9/h5-8,10,14H,3-4H2,1-2H3. The summed E-state index contributed by atoms with van der Waals surface area (Å²) in [4.78, 5) is 26.9. The second kappa shape index (κ2) is 7.70. The average Bonchev–Trinajstić information content (AvgIpc) is 2.46. The molecule has 0 amide bonds. The molecule has 0 aliphatic carbocycles. The van der Waals surface area contributed by atoms with Crippen molar-refractivity contribution in [1.29, 1.82) is 0 Å². The van der Waals surface area contributed by atoms with Crippen LogP contribution >= 0.6 is 0 Å². The van der Waals surface area contributed by atoms with Crippen LogP contribution in [0.1, 0.15) is 13.8 Å². The Hall–Kier alpha value is -2.00. The largest absolute Gasteiger partial charge is 0.464 e. The number of nitrogens with zero attached hydrogens (tertiary/aromatic N) is 1. The Morgan fingerprint density at radius 2 is 1.81 bits per heavy atom. The van der Waals surface area contributed by atoms with Crippen molar-refractivity contribution in [3.63, 3.8) is 0 Å². The highest BCUT2D eigenvalue weighted by Crippen LogP contribution is 2.08. The number of sulfonamides is 1. The maximum Gasteiger partial charge on any atom is 0.335 e. The summed E-state index contributed by atoms with van der Waals surface area (Å²) in [5.74, 6) is -2.05. The first-order valence-corrected chi connectivity index (χ1v) is 7.66. The first-order valence-electron chi connectivity index (χ1n) is 6.18. The van der Waals surface area contributed by atoms with Gasteiger partial charge in [-0.05, 0) is 26.0 Å². The number of rotatable bonds is 7. The molecule has 0 saturated carbocycles. The highest BCUT2D eigenvalue weighted by molar-refractivity contribution is 7.89. The van der Waals surface area contributed by atoms with E-state index in [1.165, 1.54) is 32.2 Å². The zero-order valence-corrected chi connectivity index (χ0v) is 12.4.